The Balaban J connectivity index is 1.37. The number of nitrogens with one attached hydrogen (secondary N) is 3. The van der Waals surface area contributed by atoms with E-state index in [4.69, 9.17) is 27.9 Å². The average molecular weight is 542 g/mol. The van der Waals surface area contributed by atoms with Crippen LogP contribution in [0.25, 0.3) is 0 Å². The van der Waals surface area contributed by atoms with Crippen molar-refractivity contribution in [3.8, 4) is 5.88 Å². The van der Waals surface area contributed by atoms with Gasteiger partial charge in [-0.2, -0.15) is 4.98 Å². The van der Waals surface area contributed by atoms with Gasteiger partial charge in [-0.25, -0.2) is 4.98 Å². The van der Waals surface area contributed by atoms with E-state index in [1.54, 1.807) is 18.2 Å². The Hall–Kier alpha value is -3.60. The zero-order valence-electron chi connectivity index (χ0n) is 20.1. The van der Waals surface area contributed by atoms with Crippen LogP contribution in [0.5, 0.6) is 5.88 Å². The van der Waals surface area contributed by atoms with Crippen molar-refractivity contribution in [1.82, 2.24) is 20.6 Å². The Morgan fingerprint density at radius 1 is 1.16 bits per heavy atom. The van der Waals surface area contributed by atoms with Gasteiger partial charge in [0.25, 0.3) is 5.91 Å². The molecule has 0 aliphatic carbocycles. The molecular formula is C25H25Cl2N7O3. The summed E-state index contributed by atoms with van der Waals surface area (Å²) in [6.45, 7) is 5.38. The Morgan fingerprint density at radius 3 is 2.65 bits per heavy atom. The van der Waals surface area contributed by atoms with Crippen molar-refractivity contribution >= 4 is 58.0 Å². The third-order valence-electron chi connectivity index (χ3n) is 6.09. The Bertz CT molecular complexity index is 1330. The SMILES string of the molecule is CC(=O)NCc1cc(Nc2ncc3c(n2)OCN(c2c(Cl)cccc2Cl)C3=O)ccc1N1CCNCC1. The summed E-state index contributed by atoms with van der Waals surface area (Å²) in [5.74, 6) is -0.0219. The molecule has 3 aromatic rings. The number of halogens is 2. The zero-order chi connectivity index (χ0) is 25.9. The minimum atomic E-state index is -0.360. The number of anilines is 4. The first-order valence-electron chi connectivity index (χ1n) is 11.8. The minimum absolute atomic E-state index is 0.0913. The fraction of sp³-hybridized carbons (Fsp3) is 0.280. The number of para-hydroxylation sites is 1. The quantitative estimate of drug-likeness (QED) is 0.434. The van der Waals surface area contributed by atoms with Crippen molar-refractivity contribution in [1.29, 1.82) is 0 Å². The highest BCUT2D eigenvalue weighted by Crippen LogP contribution is 2.37. The molecule has 1 saturated heterocycles. The molecule has 1 aromatic heterocycles. The topological polar surface area (TPSA) is 112 Å². The number of aromatic nitrogens is 2. The molecule has 0 atom stereocenters. The normalized spacial score (nSPS) is 15.2. The van der Waals surface area contributed by atoms with E-state index in [2.05, 4.69) is 30.8 Å². The second-order valence-electron chi connectivity index (χ2n) is 8.60. The van der Waals surface area contributed by atoms with E-state index in [0.717, 1.165) is 43.1 Å². The van der Waals surface area contributed by atoms with Crippen LogP contribution in [0.4, 0.5) is 23.0 Å². The van der Waals surface area contributed by atoms with Gasteiger partial charge in [-0.15, -0.1) is 0 Å². The number of fused-ring (bicyclic) bond motifs is 1. The maximum Gasteiger partial charge on any atom is 0.268 e. The summed E-state index contributed by atoms with van der Waals surface area (Å²) >= 11 is 12.6. The van der Waals surface area contributed by atoms with Crippen LogP contribution in [-0.2, 0) is 11.3 Å². The zero-order valence-corrected chi connectivity index (χ0v) is 21.6. The number of rotatable bonds is 6. The molecule has 5 rings (SSSR count). The molecule has 192 valence electrons. The fourth-order valence-corrected chi connectivity index (χ4v) is 4.90. The molecule has 37 heavy (non-hydrogen) atoms. The van der Waals surface area contributed by atoms with Crippen molar-refractivity contribution in [2.24, 2.45) is 0 Å². The van der Waals surface area contributed by atoms with Crippen LogP contribution < -0.4 is 30.5 Å². The molecule has 2 amide bonds. The maximum atomic E-state index is 13.1. The number of carbonyl (C=O) groups excluding carboxylic acids is 2. The van der Waals surface area contributed by atoms with Gasteiger partial charge in [0.15, 0.2) is 6.73 Å². The first-order chi connectivity index (χ1) is 17.9. The predicted molar refractivity (Wildman–Crippen MR) is 143 cm³/mol. The number of benzene rings is 2. The van der Waals surface area contributed by atoms with Gasteiger partial charge in [-0.3, -0.25) is 14.5 Å². The highest BCUT2D eigenvalue weighted by Gasteiger charge is 2.31. The molecule has 0 saturated carbocycles. The van der Waals surface area contributed by atoms with Gasteiger partial charge in [-0.05, 0) is 35.9 Å². The highest BCUT2D eigenvalue weighted by atomic mass is 35.5. The second-order valence-corrected chi connectivity index (χ2v) is 9.42. The van der Waals surface area contributed by atoms with Crippen LogP contribution in [0.3, 0.4) is 0 Å². The van der Waals surface area contributed by atoms with Crippen molar-refractivity contribution in [3.63, 3.8) is 0 Å². The minimum Gasteiger partial charge on any atom is -0.455 e. The predicted octanol–water partition coefficient (Wildman–Crippen LogP) is 3.57. The molecule has 0 bridgehead atoms. The number of amides is 2. The largest absolute Gasteiger partial charge is 0.455 e. The molecule has 0 radical (unpaired) electrons. The molecule has 3 heterocycles. The van der Waals surface area contributed by atoms with Gasteiger partial charge in [0.2, 0.25) is 17.7 Å². The van der Waals surface area contributed by atoms with E-state index in [1.165, 1.54) is 18.0 Å². The number of piperazine rings is 1. The van der Waals surface area contributed by atoms with Crippen LogP contribution >= 0.6 is 23.2 Å². The Labute approximate surface area is 223 Å². The highest BCUT2D eigenvalue weighted by molar-refractivity contribution is 6.40. The lowest BCUT2D eigenvalue weighted by molar-refractivity contribution is -0.119. The molecule has 3 N–H and O–H groups in total. The standard InChI is InChI=1S/C25H25Cl2N7O3/c1-15(35)29-12-16-11-17(5-6-21(16)33-9-7-28-8-10-33)31-25-30-13-18-23(32-25)37-14-34(24(18)36)22-19(26)3-2-4-20(22)27/h2-6,11,13,28H,7-10,12,14H2,1H3,(H,29,35)(H,30,31,32). The summed E-state index contributed by atoms with van der Waals surface area (Å²) in [4.78, 5) is 37.1. The van der Waals surface area contributed by atoms with Gasteiger partial charge in [0.1, 0.15) is 5.56 Å². The lowest BCUT2D eigenvalue weighted by atomic mass is 10.1. The molecule has 2 aliphatic heterocycles. The van der Waals surface area contributed by atoms with Crippen molar-refractivity contribution in [2.75, 3.05) is 48.0 Å². The Morgan fingerprint density at radius 2 is 1.92 bits per heavy atom. The number of nitrogens with zero attached hydrogens (tertiary/aromatic N) is 4. The lowest BCUT2D eigenvalue weighted by Gasteiger charge is -2.31. The summed E-state index contributed by atoms with van der Waals surface area (Å²) in [7, 11) is 0. The van der Waals surface area contributed by atoms with Crippen LogP contribution in [0.15, 0.2) is 42.6 Å². The van der Waals surface area contributed by atoms with Crippen LogP contribution in [0.1, 0.15) is 22.8 Å². The van der Waals surface area contributed by atoms with E-state index in [1.807, 2.05) is 18.2 Å². The number of carbonyl (C=O) groups is 2. The van der Waals surface area contributed by atoms with Crippen molar-refractivity contribution < 1.29 is 14.3 Å². The summed E-state index contributed by atoms with van der Waals surface area (Å²) in [5, 5.41) is 10.1. The molecule has 12 heteroatoms. The first kappa shape index (κ1) is 25.1. The second kappa shape index (κ2) is 10.8. The number of hydrogen-bond acceptors (Lipinski definition) is 8. The van der Waals surface area contributed by atoms with Crippen molar-refractivity contribution in [2.45, 2.75) is 13.5 Å². The molecule has 10 nitrogen and oxygen atoms in total. The van der Waals surface area contributed by atoms with Crippen LogP contribution in [0, 0.1) is 0 Å². The van der Waals surface area contributed by atoms with Gasteiger partial charge in [-0.1, -0.05) is 29.3 Å². The molecule has 2 aromatic carbocycles. The lowest BCUT2D eigenvalue weighted by Crippen LogP contribution is -2.44. The van der Waals surface area contributed by atoms with E-state index >= 15 is 0 Å². The van der Waals surface area contributed by atoms with E-state index < -0.39 is 0 Å². The molecule has 0 spiro atoms. The molecular weight excluding hydrogens is 517 g/mol. The van der Waals surface area contributed by atoms with Gasteiger partial charge >= 0.3 is 0 Å². The van der Waals surface area contributed by atoms with Gasteiger partial charge in [0, 0.05) is 57.2 Å². The first-order valence-corrected chi connectivity index (χ1v) is 12.5. The Kier molecular flexibility index (Phi) is 7.31. The van der Waals surface area contributed by atoms with Gasteiger partial charge in [0.05, 0.1) is 15.7 Å². The van der Waals surface area contributed by atoms with Crippen LogP contribution in [-0.4, -0.2) is 54.7 Å². The average Bonchev–Trinajstić information content (AvgIpc) is 2.89. The number of ether oxygens (including phenoxy) is 1. The summed E-state index contributed by atoms with van der Waals surface area (Å²) < 4.78 is 5.77. The van der Waals surface area contributed by atoms with Crippen LogP contribution in [0.2, 0.25) is 10.0 Å². The van der Waals surface area contributed by atoms with E-state index in [0.29, 0.717) is 22.3 Å². The van der Waals surface area contributed by atoms with Crippen molar-refractivity contribution in [3.05, 3.63) is 63.8 Å². The third kappa shape index (κ3) is 5.41. The third-order valence-corrected chi connectivity index (χ3v) is 6.70. The van der Waals surface area contributed by atoms with E-state index in [9.17, 15) is 9.59 Å². The maximum absolute atomic E-state index is 13.1. The fourth-order valence-electron chi connectivity index (χ4n) is 4.29. The smallest absolute Gasteiger partial charge is 0.268 e. The molecule has 1 fully saturated rings. The number of hydrogen-bond donors (Lipinski definition) is 3. The summed E-state index contributed by atoms with van der Waals surface area (Å²) in [5.41, 5.74) is 3.36. The summed E-state index contributed by atoms with van der Waals surface area (Å²) in [6, 6.07) is 10.9. The van der Waals surface area contributed by atoms with Gasteiger partial charge < -0.3 is 25.6 Å². The summed E-state index contributed by atoms with van der Waals surface area (Å²) in [6.07, 6.45) is 1.41. The molecule has 0 unspecified atom stereocenters. The van der Waals surface area contributed by atoms with E-state index in [-0.39, 0.29) is 35.9 Å². The molecule has 2 aliphatic rings. The monoisotopic (exact) mass is 541 g/mol.